The van der Waals surface area contributed by atoms with Crippen LogP contribution in [0.1, 0.15) is 38.3 Å². The summed E-state index contributed by atoms with van der Waals surface area (Å²) in [6.45, 7) is 5.29. The van der Waals surface area contributed by atoms with Crippen LogP contribution in [0.5, 0.6) is 11.5 Å². The fourth-order valence-corrected chi connectivity index (χ4v) is 4.41. The van der Waals surface area contributed by atoms with Crippen molar-refractivity contribution >= 4 is 12.1 Å². The first-order valence-corrected chi connectivity index (χ1v) is 11.8. The summed E-state index contributed by atoms with van der Waals surface area (Å²) in [6.07, 6.45) is 0.536. The molecule has 6 nitrogen and oxygen atoms in total. The molecule has 36 heavy (non-hydrogen) atoms. The van der Waals surface area contributed by atoms with E-state index in [1.54, 1.807) is 32.9 Å². The number of methoxy groups -OCH3 is 1. The average Bonchev–Trinajstić information content (AvgIpc) is 2.83. The number of amides is 1. The van der Waals surface area contributed by atoms with Crippen LogP contribution in [0.2, 0.25) is 0 Å². The SMILES string of the molecule is COC(=O)C1(NC(=O)OC(C)(C)C)CCc2ccc(Oc3ccccc3-c3ccc(F)cc3)cc2C1. The zero-order valence-electron chi connectivity index (χ0n) is 20.9. The molecule has 1 aliphatic rings. The van der Waals surface area contributed by atoms with E-state index in [-0.39, 0.29) is 12.2 Å². The molecule has 0 heterocycles. The molecular weight excluding hydrogens is 461 g/mol. The summed E-state index contributed by atoms with van der Waals surface area (Å²) in [5.41, 5.74) is 1.66. The van der Waals surface area contributed by atoms with Crippen molar-refractivity contribution in [3.63, 3.8) is 0 Å². The minimum Gasteiger partial charge on any atom is -0.467 e. The highest BCUT2D eigenvalue weighted by atomic mass is 19.1. The minimum absolute atomic E-state index is 0.241. The number of rotatable bonds is 5. The second-order valence-electron chi connectivity index (χ2n) is 9.91. The van der Waals surface area contributed by atoms with Gasteiger partial charge in [-0.25, -0.2) is 14.0 Å². The molecule has 7 heteroatoms. The molecule has 0 spiro atoms. The Bertz CT molecular complexity index is 1270. The van der Waals surface area contributed by atoms with Gasteiger partial charge in [0.15, 0.2) is 0 Å². The Morgan fingerprint density at radius 1 is 0.972 bits per heavy atom. The second-order valence-corrected chi connectivity index (χ2v) is 9.91. The van der Waals surface area contributed by atoms with Gasteiger partial charge >= 0.3 is 12.1 Å². The van der Waals surface area contributed by atoms with Gasteiger partial charge in [-0.05, 0) is 80.6 Å². The van der Waals surface area contributed by atoms with Crippen molar-refractivity contribution in [2.45, 2.75) is 51.2 Å². The van der Waals surface area contributed by atoms with Crippen LogP contribution in [-0.2, 0) is 27.1 Å². The first kappa shape index (κ1) is 25.2. The number of halogens is 1. The summed E-state index contributed by atoms with van der Waals surface area (Å²) >= 11 is 0. The maximum Gasteiger partial charge on any atom is 0.408 e. The third-order valence-electron chi connectivity index (χ3n) is 6.08. The maximum absolute atomic E-state index is 13.4. The first-order valence-electron chi connectivity index (χ1n) is 11.8. The van der Waals surface area contributed by atoms with Crippen LogP contribution < -0.4 is 10.1 Å². The van der Waals surface area contributed by atoms with E-state index in [0.717, 1.165) is 22.3 Å². The van der Waals surface area contributed by atoms with E-state index < -0.39 is 23.2 Å². The van der Waals surface area contributed by atoms with Crippen molar-refractivity contribution in [2.75, 3.05) is 7.11 Å². The molecule has 0 bridgehead atoms. The summed E-state index contributed by atoms with van der Waals surface area (Å²) in [5, 5.41) is 2.78. The average molecular weight is 492 g/mol. The number of esters is 1. The van der Waals surface area contributed by atoms with Crippen molar-refractivity contribution in [1.29, 1.82) is 0 Å². The Hall–Kier alpha value is -3.87. The fraction of sp³-hybridized carbons (Fsp3) is 0.310. The number of para-hydroxylation sites is 1. The van der Waals surface area contributed by atoms with Gasteiger partial charge in [0.1, 0.15) is 28.5 Å². The summed E-state index contributed by atoms with van der Waals surface area (Å²) in [6, 6.07) is 19.5. The highest BCUT2D eigenvalue weighted by molar-refractivity contribution is 5.86. The first-order chi connectivity index (χ1) is 17.1. The Morgan fingerprint density at radius 2 is 1.69 bits per heavy atom. The quantitative estimate of drug-likeness (QED) is 0.430. The Labute approximate surface area is 210 Å². The van der Waals surface area contributed by atoms with Crippen LogP contribution >= 0.6 is 0 Å². The number of aryl methyl sites for hydroxylation is 1. The number of carbonyl (C=O) groups is 2. The standard InChI is InChI=1S/C29H30FNO5/c1-28(2,3)36-27(33)31-29(26(32)34-4)16-15-19-11-14-23(17-21(19)18-29)35-25-8-6-5-7-24(25)20-9-12-22(30)13-10-20/h5-14,17H,15-16,18H2,1-4H3,(H,31,33). The van der Waals surface area contributed by atoms with Gasteiger partial charge < -0.3 is 19.5 Å². The molecule has 1 atom stereocenters. The van der Waals surface area contributed by atoms with Gasteiger partial charge in [-0.2, -0.15) is 0 Å². The number of alkyl carbamates (subject to hydrolysis) is 1. The highest BCUT2D eigenvalue weighted by Gasteiger charge is 2.44. The summed E-state index contributed by atoms with van der Waals surface area (Å²) in [7, 11) is 1.31. The lowest BCUT2D eigenvalue weighted by atomic mass is 9.78. The molecule has 0 aromatic heterocycles. The van der Waals surface area contributed by atoms with Crippen molar-refractivity contribution in [3.05, 3.63) is 83.7 Å². The van der Waals surface area contributed by atoms with Crippen LogP contribution in [0.4, 0.5) is 9.18 Å². The second kappa shape index (κ2) is 10.0. The summed E-state index contributed by atoms with van der Waals surface area (Å²) < 4.78 is 30.1. The molecule has 0 saturated carbocycles. The molecule has 0 saturated heterocycles. The summed E-state index contributed by atoms with van der Waals surface area (Å²) in [4.78, 5) is 25.4. The number of ether oxygens (including phenoxy) is 3. The predicted molar refractivity (Wildman–Crippen MR) is 134 cm³/mol. The van der Waals surface area contributed by atoms with Crippen LogP contribution in [0.3, 0.4) is 0 Å². The molecule has 0 aliphatic heterocycles. The molecule has 1 amide bonds. The Morgan fingerprint density at radius 3 is 2.39 bits per heavy atom. The maximum atomic E-state index is 13.4. The molecule has 1 unspecified atom stereocenters. The number of hydrogen-bond acceptors (Lipinski definition) is 5. The van der Waals surface area contributed by atoms with Crippen molar-refractivity contribution in [2.24, 2.45) is 0 Å². The van der Waals surface area contributed by atoms with Crippen molar-refractivity contribution in [3.8, 4) is 22.6 Å². The molecule has 0 radical (unpaired) electrons. The minimum atomic E-state index is -1.24. The van der Waals surface area contributed by atoms with Gasteiger partial charge in [0, 0.05) is 12.0 Å². The molecular formula is C29H30FNO5. The van der Waals surface area contributed by atoms with Crippen LogP contribution in [0, 0.1) is 5.82 Å². The molecule has 1 aliphatic carbocycles. The van der Waals surface area contributed by atoms with Crippen LogP contribution in [0.25, 0.3) is 11.1 Å². The number of hydrogen-bond donors (Lipinski definition) is 1. The van der Waals surface area contributed by atoms with Crippen molar-refractivity contribution < 1.29 is 28.2 Å². The van der Waals surface area contributed by atoms with Gasteiger partial charge in [-0.1, -0.05) is 36.4 Å². The van der Waals surface area contributed by atoms with E-state index in [2.05, 4.69) is 5.32 Å². The molecule has 3 aromatic rings. The Balaban J connectivity index is 1.61. The molecule has 1 N–H and O–H groups in total. The van der Waals surface area contributed by atoms with Crippen LogP contribution in [0.15, 0.2) is 66.7 Å². The zero-order valence-corrected chi connectivity index (χ0v) is 20.9. The lowest BCUT2D eigenvalue weighted by Crippen LogP contribution is -2.59. The molecule has 0 fully saturated rings. The van der Waals surface area contributed by atoms with Gasteiger partial charge in [-0.15, -0.1) is 0 Å². The van der Waals surface area contributed by atoms with Crippen LogP contribution in [-0.4, -0.2) is 30.3 Å². The van der Waals surface area contributed by atoms with Gasteiger partial charge in [0.25, 0.3) is 0 Å². The smallest absolute Gasteiger partial charge is 0.408 e. The molecule has 4 rings (SSSR count). The fourth-order valence-electron chi connectivity index (χ4n) is 4.41. The number of benzene rings is 3. The predicted octanol–water partition coefficient (Wildman–Crippen LogP) is 6.21. The normalized spacial score (nSPS) is 17.0. The van der Waals surface area contributed by atoms with E-state index in [1.165, 1.54) is 19.2 Å². The largest absolute Gasteiger partial charge is 0.467 e. The third kappa shape index (κ3) is 5.67. The lowest BCUT2D eigenvalue weighted by molar-refractivity contribution is -0.149. The monoisotopic (exact) mass is 491 g/mol. The summed E-state index contributed by atoms with van der Waals surface area (Å²) in [5.74, 6) is 0.375. The lowest BCUT2D eigenvalue weighted by Gasteiger charge is -2.36. The zero-order chi connectivity index (χ0) is 25.9. The van der Waals surface area contributed by atoms with E-state index >= 15 is 0 Å². The molecule has 188 valence electrons. The van der Waals surface area contributed by atoms with Gasteiger partial charge in [-0.3, -0.25) is 0 Å². The van der Waals surface area contributed by atoms with Gasteiger partial charge in [0.2, 0.25) is 0 Å². The van der Waals surface area contributed by atoms with Crippen molar-refractivity contribution in [1.82, 2.24) is 5.32 Å². The highest BCUT2D eigenvalue weighted by Crippen LogP contribution is 2.37. The van der Waals surface area contributed by atoms with E-state index in [9.17, 15) is 14.0 Å². The third-order valence-corrected chi connectivity index (χ3v) is 6.08. The van der Waals surface area contributed by atoms with Gasteiger partial charge in [0.05, 0.1) is 7.11 Å². The molecule has 3 aromatic carbocycles. The van der Waals surface area contributed by atoms with E-state index in [4.69, 9.17) is 14.2 Å². The number of carbonyl (C=O) groups excluding carboxylic acids is 2. The topological polar surface area (TPSA) is 73.9 Å². The number of nitrogens with one attached hydrogen (secondary N) is 1. The Kier molecular flexibility index (Phi) is 7.02. The van der Waals surface area contributed by atoms with E-state index in [1.807, 2.05) is 42.5 Å². The van der Waals surface area contributed by atoms with E-state index in [0.29, 0.717) is 24.3 Å². The number of fused-ring (bicyclic) bond motifs is 1.